The van der Waals surface area contributed by atoms with Crippen LogP contribution in [0.3, 0.4) is 0 Å². The van der Waals surface area contributed by atoms with E-state index in [0.717, 1.165) is 24.8 Å². The smallest absolute Gasteiger partial charge is 0.129 e. The lowest BCUT2D eigenvalue weighted by molar-refractivity contribution is 0.161. The molecule has 0 saturated carbocycles. The zero-order valence-electron chi connectivity index (χ0n) is 9.28. The Kier molecular flexibility index (Phi) is 3.44. The molecule has 1 saturated heterocycles. The van der Waals surface area contributed by atoms with Crippen LogP contribution in [0.1, 0.15) is 31.3 Å². The van der Waals surface area contributed by atoms with E-state index in [0.29, 0.717) is 5.76 Å². The van der Waals surface area contributed by atoms with Gasteiger partial charge in [0.1, 0.15) is 18.1 Å². The molecule has 0 aliphatic carbocycles. The highest BCUT2D eigenvalue weighted by Crippen LogP contribution is 2.18. The zero-order chi connectivity index (χ0) is 10.7. The third-order valence-electron chi connectivity index (χ3n) is 2.99. The van der Waals surface area contributed by atoms with Crippen molar-refractivity contribution in [1.82, 2.24) is 4.90 Å². The van der Waals surface area contributed by atoms with Crippen LogP contribution in [0.2, 0.25) is 0 Å². The van der Waals surface area contributed by atoms with Gasteiger partial charge in [0.15, 0.2) is 0 Å². The van der Waals surface area contributed by atoms with E-state index in [1.807, 2.05) is 12.1 Å². The Balaban J connectivity index is 1.90. The molecule has 0 amide bonds. The Hall–Kier alpha value is -0.800. The molecule has 84 valence electrons. The van der Waals surface area contributed by atoms with E-state index in [-0.39, 0.29) is 6.61 Å². The SMILES string of the molecule is CC1CCCN(Cc2ccc(CO)o2)C1. The fraction of sp³-hybridized carbons (Fsp3) is 0.667. The minimum atomic E-state index is -0.00357. The Morgan fingerprint density at radius 3 is 2.93 bits per heavy atom. The summed E-state index contributed by atoms with van der Waals surface area (Å²) in [7, 11) is 0. The van der Waals surface area contributed by atoms with Crippen LogP contribution in [0.25, 0.3) is 0 Å². The van der Waals surface area contributed by atoms with Crippen LogP contribution < -0.4 is 0 Å². The first-order valence-corrected chi connectivity index (χ1v) is 5.68. The average Bonchev–Trinajstić information content (AvgIpc) is 2.65. The van der Waals surface area contributed by atoms with Crippen LogP contribution in [-0.4, -0.2) is 23.1 Å². The Bertz CT molecular complexity index is 308. The Morgan fingerprint density at radius 1 is 1.47 bits per heavy atom. The molecule has 0 bridgehead atoms. The number of furan rings is 1. The molecule has 1 aromatic heterocycles. The van der Waals surface area contributed by atoms with Gasteiger partial charge in [-0.2, -0.15) is 0 Å². The Labute approximate surface area is 90.7 Å². The van der Waals surface area contributed by atoms with Crippen LogP contribution >= 0.6 is 0 Å². The minimum Gasteiger partial charge on any atom is -0.462 e. The number of aliphatic hydroxyl groups is 1. The molecular weight excluding hydrogens is 190 g/mol. The van der Waals surface area contributed by atoms with Crippen LogP contribution in [0.4, 0.5) is 0 Å². The molecule has 1 unspecified atom stereocenters. The lowest BCUT2D eigenvalue weighted by Crippen LogP contribution is -2.33. The highest BCUT2D eigenvalue weighted by atomic mass is 16.4. The molecule has 3 heteroatoms. The van der Waals surface area contributed by atoms with Gasteiger partial charge >= 0.3 is 0 Å². The summed E-state index contributed by atoms with van der Waals surface area (Å²) in [5, 5.41) is 8.89. The van der Waals surface area contributed by atoms with Crippen molar-refractivity contribution in [3.63, 3.8) is 0 Å². The van der Waals surface area contributed by atoms with Gasteiger partial charge in [-0.15, -0.1) is 0 Å². The van der Waals surface area contributed by atoms with Crippen LogP contribution in [0, 0.1) is 5.92 Å². The lowest BCUT2D eigenvalue weighted by Gasteiger charge is -2.29. The molecule has 0 radical (unpaired) electrons. The van der Waals surface area contributed by atoms with Gasteiger partial charge in [0.25, 0.3) is 0 Å². The molecular formula is C12H19NO2. The fourth-order valence-corrected chi connectivity index (χ4v) is 2.24. The first-order chi connectivity index (χ1) is 7.28. The topological polar surface area (TPSA) is 36.6 Å². The van der Waals surface area contributed by atoms with Gasteiger partial charge in [-0.05, 0) is 37.4 Å². The predicted molar refractivity (Wildman–Crippen MR) is 58.3 cm³/mol. The molecule has 15 heavy (non-hydrogen) atoms. The second-order valence-corrected chi connectivity index (χ2v) is 4.51. The van der Waals surface area contributed by atoms with Gasteiger partial charge in [0, 0.05) is 6.54 Å². The summed E-state index contributed by atoms with van der Waals surface area (Å²) in [6, 6.07) is 3.81. The molecule has 1 atom stereocenters. The van der Waals surface area contributed by atoms with Crippen molar-refractivity contribution >= 4 is 0 Å². The summed E-state index contributed by atoms with van der Waals surface area (Å²) in [5.41, 5.74) is 0. The molecule has 1 fully saturated rings. The number of aliphatic hydroxyl groups excluding tert-OH is 1. The van der Waals surface area contributed by atoms with Gasteiger partial charge in [0.05, 0.1) is 6.54 Å². The van der Waals surface area contributed by atoms with Crippen molar-refractivity contribution in [2.45, 2.75) is 32.9 Å². The zero-order valence-corrected chi connectivity index (χ0v) is 9.28. The van der Waals surface area contributed by atoms with E-state index in [4.69, 9.17) is 9.52 Å². The maximum atomic E-state index is 8.89. The predicted octanol–water partition coefficient (Wildman–Crippen LogP) is 2.00. The van der Waals surface area contributed by atoms with E-state index in [1.165, 1.54) is 19.4 Å². The standard InChI is InChI=1S/C12H19NO2/c1-10-3-2-6-13(7-10)8-11-4-5-12(9-14)15-11/h4-5,10,14H,2-3,6-9H2,1H3. The summed E-state index contributed by atoms with van der Waals surface area (Å²) in [6.45, 7) is 5.50. The third kappa shape index (κ3) is 2.83. The summed E-state index contributed by atoms with van der Waals surface area (Å²) in [4.78, 5) is 2.42. The maximum absolute atomic E-state index is 8.89. The van der Waals surface area contributed by atoms with Crippen LogP contribution in [-0.2, 0) is 13.2 Å². The summed E-state index contributed by atoms with van der Waals surface area (Å²) in [6.07, 6.45) is 2.63. The van der Waals surface area contributed by atoms with Crippen LogP contribution in [0.15, 0.2) is 16.5 Å². The van der Waals surface area contributed by atoms with E-state index < -0.39 is 0 Å². The average molecular weight is 209 g/mol. The molecule has 1 aromatic rings. The molecule has 0 aromatic carbocycles. The monoisotopic (exact) mass is 209 g/mol. The maximum Gasteiger partial charge on any atom is 0.129 e. The van der Waals surface area contributed by atoms with Crippen molar-refractivity contribution in [3.05, 3.63) is 23.7 Å². The second-order valence-electron chi connectivity index (χ2n) is 4.51. The second kappa shape index (κ2) is 4.81. The molecule has 2 heterocycles. The van der Waals surface area contributed by atoms with Gasteiger partial charge in [0.2, 0.25) is 0 Å². The van der Waals surface area contributed by atoms with E-state index in [1.54, 1.807) is 0 Å². The summed E-state index contributed by atoms with van der Waals surface area (Å²) < 4.78 is 5.48. The largest absolute Gasteiger partial charge is 0.462 e. The number of hydrogen-bond acceptors (Lipinski definition) is 3. The molecule has 2 rings (SSSR count). The number of rotatable bonds is 3. The highest BCUT2D eigenvalue weighted by molar-refractivity contribution is 5.06. The summed E-state index contributed by atoms with van der Waals surface area (Å²) in [5.74, 6) is 2.43. The molecule has 0 spiro atoms. The van der Waals surface area contributed by atoms with Gasteiger partial charge < -0.3 is 9.52 Å². The normalized spacial score (nSPS) is 23.2. The lowest BCUT2D eigenvalue weighted by atomic mass is 10.0. The van der Waals surface area contributed by atoms with Crippen molar-refractivity contribution < 1.29 is 9.52 Å². The number of nitrogens with zero attached hydrogens (tertiary/aromatic N) is 1. The fourth-order valence-electron chi connectivity index (χ4n) is 2.24. The number of piperidine rings is 1. The minimum absolute atomic E-state index is 0.00357. The number of likely N-dealkylation sites (tertiary alicyclic amines) is 1. The third-order valence-corrected chi connectivity index (χ3v) is 2.99. The van der Waals surface area contributed by atoms with Crippen LogP contribution in [0.5, 0.6) is 0 Å². The number of hydrogen-bond donors (Lipinski definition) is 1. The van der Waals surface area contributed by atoms with Gasteiger partial charge in [-0.1, -0.05) is 6.92 Å². The van der Waals surface area contributed by atoms with Gasteiger partial charge in [-0.3, -0.25) is 4.90 Å². The van der Waals surface area contributed by atoms with E-state index >= 15 is 0 Å². The van der Waals surface area contributed by atoms with Crippen molar-refractivity contribution in [1.29, 1.82) is 0 Å². The molecule has 1 N–H and O–H groups in total. The first kappa shape index (κ1) is 10.7. The van der Waals surface area contributed by atoms with E-state index in [2.05, 4.69) is 11.8 Å². The highest BCUT2D eigenvalue weighted by Gasteiger charge is 2.17. The molecule has 1 aliphatic rings. The van der Waals surface area contributed by atoms with Gasteiger partial charge in [-0.25, -0.2) is 0 Å². The Morgan fingerprint density at radius 2 is 2.27 bits per heavy atom. The summed E-state index contributed by atoms with van der Waals surface area (Å²) >= 11 is 0. The quantitative estimate of drug-likeness (QED) is 0.827. The molecule has 1 aliphatic heterocycles. The van der Waals surface area contributed by atoms with Crippen molar-refractivity contribution in [2.24, 2.45) is 5.92 Å². The van der Waals surface area contributed by atoms with Crippen molar-refractivity contribution in [2.75, 3.05) is 13.1 Å². The van der Waals surface area contributed by atoms with Crippen molar-refractivity contribution in [3.8, 4) is 0 Å². The first-order valence-electron chi connectivity index (χ1n) is 5.68. The van der Waals surface area contributed by atoms with E-state index in [9.17, 15) is 0 Å². The molecule has 3 nitrogen and oxygen atoms in total.